The minimum Gasteiger partial charge on any atom is -0.379 e. The van der Waals surface area contributed by atoms with Crippen molar-refractivity contribution >= 4 is 21.8 Å². The molecule has 0 bridgehead atoms. The Kier molecular flexibility index (Phi) is 7.69. The molecule has 1 N–H and O–H groups in total. The summed E-state index contributed by atoms with van der Waals surface area (Å²) < 4.78 is 5.25. The van der Waals surface area contributed by atoms with Crippen molar-refractivity contribution in [2.45, 2.75) is 19.8 Å². The van der Waals surface area contributed by atoms with Gasteiger partial charge in [-0.3, -0.25) is 4.79 Å². The number of carbonyl (C=O) groups excluding carboxylic acids is 1. The van der Waals surface area contributed by atoms with E-state index in [1.165, 1.54) is 11.1 Å². The van der Waals surface area contributed by atoms with E-state index in [9.17, 15) is 4.79 Å². The van der Waals surface area contributed by atoms with E-state index in [0.29, 0.717) is 26.2 Å². The summed E-state index contributed by atoms with van der Waals surface area (Å²) in [5, 5.41) is 3.68. The van der Waals surface area contributed by atoms with Crippen LogP contribution in [0.2, 0.25) is 0 Å². The molecule has 0 spiro atoms. The molecule has 0 aromatic heterocycles. The minimum absolute atomic E-state index is 0.0840. The summed E-state index contributed by atoms with van der Waals surface area (Å²) in [7, 11) is 0. The lowest BCUT2D eigenvalue weighted by Gasteiger charge is -2.07. The molecule has 100 valence electrons. The SMILES string of the molecule is Cc1ccccc1CCC(=O)NCCOCCBr. The van der Waals surface area contributed by atoms with E-state index >= 15 is 0 Å². The summed E-state index contributed by atoms with van der Waals surface area (Å²) >= 11 is 3.28. The van der Waals surface area contributed by atoms with Crippen LogP contribution in [0.4, 0.5) is 0 Å². The zero-order valence-corrected chi connectivity index (χ0v) is 12.3. The lowest BCUT2D eigenvalue weighted by atomic mass is 10.0. The van der Waals surface area contributed by atoms with Gasteiger partial charge in [0.25, 0.3) is 0 Å². The second-order valence-electron chi connectivity index (χ2n) is 4.08. The molecule has 1 aromatic carbocycles. The molecule has 0 radical (unpaired) electrons. The number of ether oxygens (including phenoxy) is 1. The van der Waals surface area contributed by atoms with Gasteiger partial charge in [0.2, 0.25) is 5.91 Å². The number of amides is 1. The first-order valence-electron chi connectivity index (χ1n) is 6.19. The highest BCUT2D eigenvalue weighted by molar-refractivity contribution is 9.09. The van der Waals surface area contributed by atoms with Crippen molar-refractivity contribution in [2.24, 2.45) is 0 Å². The monoisotopic (exact) mass is 313 g/mol. The standard InChI is InChI=1S/C14H20BrNO2/c1-12-4-2-3-5-13(12)6-7-14(17)16-9-11-18-10-8-15/h2-5H,6-11H2,1H3,(H,16,17). The molecule has 0 unspecified atom stereocenters. The summed E-state index contributed by atoms with van der Waals surface area (Å²) in [5.41, 5.74) is 2.48. The van der Waals surface area contributed by atoms with Crippen LogP contribution in [0.1, 0.15) is 17.5 Å². The van der Waals surface area contributed by atoms with Gasteiger partial charge >= 0.3 is 0 Å². The Morgan fingerprint density at radius 3 is 2.83 bits per heavy atom. The zero-order chi connectivity index (χ0) is 13.2. The Balaban J connectivity index is 2.15. The van der Waals surface area contributed by atoms with Crippen molar-refractivity contribution in [3.8, 4) is 0 Å². The normalized spacial score (nSPS) is 10.3. The van der Waals surface area contributed by atoms with Gasteiger partial charge in [-0.25, -0.2) is 0 Å². The number of benzene rings is 1. The lowest BCUT2D eigenvalue weighted by Crippen LogP contribution is -2.27. The second-order valence-corrected chi connectivity index (χ2v) is 4.87. The molecule has 0 aliphatic carbocycles. The third-order valence-electron chi connectivity index (χ3n) is 2.67. The first kappa shape index (κ1) is 15.2. The summed E-state index contributed by atoms with van der Waals surface area (Å²) in [4.78, 5) is 11.6. The smallest absolute Gasteiger partial charge is 0.220 e. The number of halogens is 1. The fourth-order valence-electron chi connectivity index (χ4n) is 1.65. The Morgan fingerprint density at radius 1 is 1.33 bits per heavy atom. The van der Waals surface area contributed by atoms with Gasteiger partial charge in [0, 0.05) is 18.3 Å². The molecule has 0 heterocycles. The number of rotatable bonds is 8. The van der Waals surface area contributed by atoms with E-state index < -0.39 is 0 Å². The maximum atomic E-state index is 11.6. The minimum atomic E-state index is 0.0840. The van der Waals surface area contributed by atoms with Crippen molar-refractivity contribution in [3.05, 3.63) is 35.4 Å². The van der Waals surface area contributed by atoms with Gasteiger partial charge in [-0.2, -0.15) is 0 Å². The number of carbonyl (C=O) groups is 1. The molecule has 18 heavy (non-hydrogen) atoms. The molecule has 3 nitrogen and oxygen atoms in total. The van der Waals surface area contributed by atoms with Crippen LogP contribution in [-0.2, 0) is 16.0 Å². The predicted molar refractivity (Wildman–Crippen MR) is 77.1 cm³/mol. The molecule has 0 saturated heterocycles. The van der Waals surface area contributed by atoms with Crippen molar-refractivity contribution in [2.75, 3.05) is 25.1 Å². The van der Waals surface area contributed by atoms with Crippen molar-refractivity contribution in [3.63, 3.8) is 0 Å². The molecule has 0 atom stereocenters. The molecular weight excluding hydrogens is 294 g/mol. The maximum Gasteiger partial charge on any atom is 0.220 e. The van der Waals surface area contributed by atoms with E-state index in [-0.39, 0.29) is 5.91 Å². The van der Waals surface area contributed by atoms with Crippen molar-refractivity contribution < 1.29 is 9.53 Å². The predicted octanol–water partition coefficient (Wildman–Crippen LogP) is 2.46. The van der Waals surface area contributed by atoms with Crippen LogP contribution in [0.15, 0.2) is 24.3 Å². The first-order chi connectivity index (χ1) is 8.74. The molecule has 0 fully saturated rings. The molecular formula is C14H20BrNO2. The van der Waals surface area contributed by atoms with Gasteiger partial charge < -0.3 is 10.1 Å². The zero-order valence-electron chi connectivity index (χ0n) is 10.7. The summed E-state index contributed by atoms with van der Waals surface area (Å²) in [6.45, 7) is 3.90. The Bertz CT molecular complexity index is 369. The van der Waals surface area contributed by atoms with Crippen LogP contribution in [0.3, 0.4) is 0 Å². The highest BCUT2D eigenvalue weighted by Crippen LogP contribution is 2.09. The lowest BCUT2D eigenvalue weighted by molar-refractivity contribution is -0.121. The Labute approximate surface area is 117 Å². The number of aryl methyl sites for hydroxylation is 2. The summed E-state index contributed by atoms with van der Waals surface area (Å²) in [6, 6.07) is 8.16. The number of hydrogen-bond acceptors (Lipinski definition) is 2. The van der Waals surface area contributed by atoms with E-state index in [1.807, 2.05) is 12.1 Å². The van der Waals surface area contributed by atoms with Crippen LogP contribution in [0, 0.1) is 6.92 Å². The Morgan fingerprint density at radius 2 is 2.11 bits per heavy atom. The molecule has 0 aliphatic heterocycles. The molecule has 1 aromatic rings. The fourth-order valence-corrected chi connectivity index (χ4v) is 1.88. The highest BCUT2D eigenvalue weighted by Gasteiger charge is 2.03. The average molecular weight is 314 g/mol. The molecule has 0 aliphatic rings. The average Bonchev–Trinajstić information content (AvgIpc) is 2.37. The van der Waals surface area contributed by atoms with Gasteiger partial charge in [-0.05, 0) is 24.5 Å². The topological polar surface area (TPSA) is 38.3 Å². The van der Waals surface area contributed by atoms with Gasteiger partial charge in [-0.15, -0.1) is 0 Å². The van der Waals surface area contributed by atoms with E-state index in [4.69, 9.17) is 4.74 Å². The third kappa shape index (κ3) is 6.17. The van der Waals surface area contributed by atoms with E-state index in [1.54, 1.807) is 0 Å². The molecule has 4 heteroatoms. The van der Waals surface area contributed by atoms with Crippen LogP contribution in [0.5, 0.6) is 0 Å². The van der Waals surface area contributed by atoms with Crippen LogP contribution in [-0.4, -0.2) is 31.0 Å². The van der Waals surface area contributed by atoms with Gasteiger partial charge in [0.1, 0.15) is 0 Å². The van der Waals surface area contributed by atoms with E-state index in [2.05, 4.69) is 40.3 Å². The van der Waals surface area contributed by atoms with Crippen molar-refractivity contribution in [1.82, 2.24) is 5.32 Å². The third-order valence-corrected chi connectivity index (χ3v) is 3.00. The van der Waals surface area contributed by atoms with Gasteiger partial charge in [0.15, 0.2) is 0 Å². The second kappa shape index (κ2) is 9.11. The number of alkyl halides is 1. The Hall–Kier alpha value is -0.870. The molecule has 1 rings (SSSR count). The summed E-state index contributed by atoms with van der Waals surface area (Å²) in [5.74, 6) is 0.0840. The quantitative estimate of drug-likeness (QED) is 0.591. The number of hydrogen-bond donors (Lipinski definition) is 1. The summed E-state index contributed by atoms with van der Waals surface area (Å²) in [6.07, 6.45) is 1.32. The maximum absolute atomic E-state index is 11.6. The molecule has 1 amide bonds. The van der Waals surface area contributed by atoms with Crippen molar-refractivity contribution in [1.29, 1.82) is 0 Å². The van der Waals surface area contributed by atoms with Crippen LogP contribution in [0.25, 0.3) is 0 Å². The largest absolute Gasteiger partial charge is 0.379 e. The number of nitrogens with one attached hydrogen (secondary N) is 1. The van der Waals surface area contributed by atoms with Crippen LogP contribution < -0.4 is 5.32 Å². The molecule has 0 saturated carbocycles. The first-order valence-corrected chi connectivity index (χ1v) is 7.31. The fraction of sp³-hybridized carbons (Fsp3) is 0.500. The van der Waals surface area contributed by atoms with Crippen LogP contribution >= 0.6 is 15.9 Å². The highest BCUT2D eigenvalue weighted by atomic mass is 79.9. The van der Waals surface area contributed by atoms with E-state index in [0.717, 1.165) is 11.8 Å². The van der Waals surface area contributed by atoms with Gasteiger partial charge in [0.05, 0.1) is 13.2 Å². The van der Waals surface area contributed by atoms with Gasteiger partial charge in [-0.1, -0.05) is 40.2 Å².